The van der Waals surface area contributed by atoms with E-state index in [1.807, 2.05) is 24.3 Å². The van der Waals surface area contributed by atoms with Gasteiger partial charge in [0.2, 0.25) is 10.0 Å². The number of benzene rings is 1. The Morgan fingerprint density at radius 2 is 2.17 bits per heavy atom. The average Bonchev–Trinajstić information content (AvgIpc) is 3.06. The Bertz CT molecular complexity index is 845. The number of para-hydroxylation sites is 1. The summed E-state index contributed by atoms with van der Waals surface area (Å²) < 4.78 is 24.5. The number of rotatable bonds is 4. The molecule has 2 atom stereocenters. The van der Waals surface area contributed by atoms with E-state index < -0.39 is 21.7 Å². The standard InChI is InChI=1S/C15H19N3O5S/c1-24(22,23)16-8-15(21)9-18(7-13(15)19)14(20)12-6-10-4-2-3-5-11(10)17-12/h2-6,13,16-17,19,21H,7-9H2,1H3/t13-,15+/m1/s1. The van der Waals surface area contributed by atoms with Crippen molar-refractivity contribution in [3.8, 4) is 0 Å². The molecule has 130 valence electrons. The molecule has 1 aromatic heterocycles. The van der Waals surface area contributed by atoms with Gasteiger partial charge in [0.25, 0.3) is 5.91 Å². The van der Waals surface area contributed by atoms with Crippen LogP contribution in [0.15, 0.2) is 30.3 Å². The van der Waals surface area contributed by atoms with Gasteiger partial charge in [-0.2, -0.15) is 0 Å². The van der Waals surface area contributed by atoms with Gasteiger partial charge in [0, 0.05) is 17.4 Å². The van der Waals surface area contributed by atoms with E-state index in [9.17, 15) is 23.4 Å². The molecule has 1 amide bonds. The van der Waals surface area contributed by atoms with Crippen molar-refractivity contribution < 1.29 is 23.4 Å². The van der Waals surface area contributed by atoms with Crippen LogP contribution in [0.4, 0.5) is 0 Å². The summed E-state index contributed by atoms with van der Waals surface area (Å²) in [4.78, 5) is 16.9. The van der Waals surface area contributed by atoms with E-state index in [2.05, 4.69) is 9.71 Å². The van der Waals surface area contributed by atoms with Crippen molar-refractivity contribution >= 4 is 26.8 Å². The molecule has 3 rings (SSSR count). The van der Waals surface area contributed by atoms with E-state index in [-0.39, 0.29) is 25.5 Å². The van der Waals surface area contributed by atoms with Crippen molar-refractivity contribution in [2.75, 3.05) is 25.9 Å². The summed E-state index contributed by atoms with van der Waals surface area (Å²) in [5, 5.41) is 21.4. The van der Waals surface area contributed by atoms with Crippen LogP contribution in [0.1, 0.15) is 10.5 Å². The molecular weight excluding hydrogens is 334 g/mol. The van der Waals surface area contributed by atoms with Gasteiger partial charge in [-0.15, -0.1) is 0 Å². The van der Waals surface area contributed by atoms with Crippen LogP contribution in [-0.4, -0.2) is 72.0 Å². The lowest BCUT2D eigenvalue weighted by Crippen LogP contribution is -2.51. The van der Waals surface area contributed by atoms with Crippen molar-refractivity contribution in [1.29, 1.82) is 0 Å². The summed E-state index contributed by atoms with van der Waals surface area (Å²) in [6.07, 6.45) is -0.273. The van der Waals surface area contributed by atoms with Crippen LogP contribution < -0.4 is 4.72 Å². The number of aliphatic hydroxyl groups excluding tert-OH is 1. The van der Waals surface area contributed by atoms with Gasteiger partial charge >= 0.3 is 0 Å². The van der Waals surface area contributed by atoms with Crippen molar-refractivity contribution in [3.63, 3.8) is 0 Å². The molecule has 0 aliphatic carbocycles. The predicted octanol–water partition coefficient (Wildman–Crippen LogP) is -0.735. The van der Waals surface area contributed by atoms with Crippen LogP contribution in [0.2, 0.25) is 0 Å². The zero-order valence-corrected chi connectivity index (χ0v) is 13.9. The Labute approximate surface area is 139 Å². The number of β-amino-alcohol motifs (C(OH)–C–C–N with tert-alkyl or cyclic N) is 2. The number of aromatic amines is 1. The molecule has 1 aliphatic heterocycles. The molecule has 4 N–H and O–H groups in total. The number of amides is 1. The third-order valence-electron chi connectivity index (χ3n) is 4.17. The quantitative estimate of drug-likeness (QED) is 0.577. The van der Waals surface area contributed by atoms with Crippen LogP contribution >= 0.6 is 0 Å². The molecule has 8 nitrogen and oxygen atoms in total. The topological polar surface area (TPSA) is 123 Å². The molecule has 1 aliphatic rings. The van der Waals surface area contributed by atoms with Crippen molar-refractivity contribution in [2.45, 2.75) is 11.7 Å². The second-order valence-electron chi connectivity index (χ2n) is 6.17. The summed E-state index contributed by atoms with van der Waals surface area (Å²) in [5.41, 5.74) is -0.552. The second kappa shape index (κ2) is 5.85. The fourth-order valence-corrected chi connectivity index (χ4v) is 3.33. The van der Waals surface area contributed by atoms with Gasteiger partial charge in [0.1, 0.15) is 17.4 Å². The first kappa shape index (κ1) is 16.9. The summed E-state index contributed by atoms with van der Waals surface area (Å²) >= 11 is 0. The number of aliphatic hydroxyl groups is 2. The highest BCUT2D eigenvalue weighted by atomic mass is 32.2. The Morgan fingerprint density at radius 3 is 2.83 bits per heavy atom. The molecule has 0 unspecified atom stereocenters. The molecular formula is C15H19N3O5S. The maximum Gasteiger partial charge on any atom is 0.270 e. The zero-order valence-electron chi connectivity index (χ0n) is 13.1. The number of hydrogen-bond acceptors (Lipinski definition) is 5. The van der Waals surface area contributed by atoms with Crippen molar-refractivity contribution in [1.82, 2.24) is 14.6 Å². The van der Waals surface area contributed by atoms with E-state index >= 15 is 0 Å². The lowest BCUT2D eigenvalue weighted by atomic mass is 10.0. The highest BCUT2D eigenvalue weighted by molar-refractivity contribution is 7.88. The molecule has 1 aromatic carbocycles. The smallest absolute Gasteiger partial charge is 0.270 e. The molecule has 0 radical (unpaired) electrons. The molecule has 1 saturated heterocycles. The number of likely N-dealkylation sites (tertiary alicyclic amines) is 1. The fraction of sp³-hybridized carbons (Fsp3) is 0.400. The Hall–Kier alpha value is -1.94. The van der Waals surface area contributed by atoms with Gasteiger partial charge in [-0.05, 0) is 12.1 Å². The van der Waals surface area contributed by atoms with Gasteiger partial charge in [-0.3, -0.25) is 4.79 Å². The molecule has 24 heavy (non-hydrogen) atoms. The molecule has 2 aromatic rings. The van der Waals surface area contributed by atoms with E-state index in [0.717, 1.165) is 17.2 Å². The third kappa shape index (κ3) is 3.29. The highest BCUT2D eigenvalue weighted by Gasteiger charge is 2.46. The van der Waals surface area contributed by atoms with Gasteiger partial charge in [0.05, 0.1) is 19.3 Å². The summed E-state index contributed by atoms with van der Waals surface area (Å²) in [5.74, 6) is -0.361. The monoisotopic (exact) mass is 353 g/mol. The number of nitrogens with one attached hydrogen (secondary N) is 2. The number of nitrogens with zero attached hydrogens (tertiary/aromatic N) is 1. The number of hydrogen-bond donors (Lipinski definition) is 4. The average molecular weight is 353 g/mol. The zero-order chi connectivity index (χ0) is 17.5. The number of carbonyl (C=O) groups excluding carboxylic acids is 1. The SMILES string of the molecule is CS(=O)(=O)NC[C@]1(O)CN(C(=O)c2cc3ccccc3[nH]2)C[C@H]1O. The van der Waals surface area contributed by atoms with E-state index in [4.69, 9.17) is 0 Å². The van der Waals surface area contributed by atoms with Crippen LogP contribution in [-0.2, 0) is 10.0 Å². The van der Waals surface area contributed by atoms with Crippen LogP contribution in [0, 0.1) is 0 Å². The molecule has 0 bridgehead atoms. The van der Waals surface area contributed by atoms with E-state index in [1.54, 1.807) is 6.07 Å². The maximum absolute atomic E-state index is 12.6. The number of sulfonamides is 1. The minimum atomic E-state index is -3.51. The summed E-state index contributed by atoms with van der Waals surface area (Å²) in [7, 11) is -3.51. The minimum absolute atomic E-state index is 0.0733. The van der Waals surface area contributed by atoms with Gasteiger partial charge in [0.15, 0.2) is 0 Å². The number of fused-ring (bicyclic) bond motifs is 1. The fourth-order valence-electron chi connectivity index (χ4n) is 2.82. The Kier molecular flexibility index (Phi) is 4.12. The van der Waals surface area contributed by atoms with Crippen LogP contribution in [0.5, 0.6) is 0 Å². The number of aromatic nitrogens is 1. The largest absolute Gasteiger partial charge is 0.388 e. The van der Waals surface area contributed by atoms with E-state index in [1.165, 1.54) is 4.90 Å². The Balaban J connectivity index is 1.77. The highest BCUT2D eigenvalue weighted by Crippen LogP contribution is 2.24. The predicted molar refractivity (Wildman–Crippen MR) is 88.0 cm³/mol. The summed E-state index contributed by atoms with van der Waals surface area (Å²) in [6, 6.07) is 9.13. The second-order valence-corrected chi connectivity index (χ2v) is 8.00. The van der Waals surface area contributed by atoms with Crippen molar-refractivity contribution in [3.05, 3.63) is 36.0 Å². The molecule has 9 heteroatoms. The van der Waals surface area contributed by atoms with Gasteiger partial charge < -0.3 is 20.1 Å². The minimum Gasteiger partial charge on any atom is -0.388 e. The van der Waals surface area contributed by atoms with Crippen molar-refractivity contribution in [2.24, 2.45) is 0 Å². The first-order valence-corrected chi connectivity index (χ1v) is 9.29. The van der Waals surface area contributed by atoms with Gasteiger partial charge in [-0.1, -0.05) is 18.2 Å². The first-order chi connectivity index (χ1) is 11.2. The van der Waals surface area contributed by atoms with Crippen LogP contribution in [0.25, 0.3) is 10.9 Å². The third-order valence-corrected chi connectivity index (χ3v) is 4.84. The van der Waals surface area contributed by atoms with Gasteiger partial charge in [-0.25, -0.2) is 13.1 Å². The summed E-state index contributed by atoms with van der Waals surface area (Å²) in [6.45, 7) is -0.593. The first-order valence-electron chi connectivity index (χ1n) is 7.40. The molecule has 0 spiro atoms. The number of carbonyl (C=O) groups is 1. The molecule has 1 fully saturated rings. The lowest BCUT2D eigenvalue weighted by Gasteiger charge is -2.25. The molecule has 2 heterocycles. The van der Waals surface area contributed by atoms with E-state index in [0.29, 0.717) is 5.69 Å². The Morgan fingerprint density at radius 1 is 1.46 bits per heavy atom. The van der Waals surface area contributed by atoms with Crippen LogP contribution in [0.3, 0.4) is 0 Å². The normalized spacial score (nSPS) is 24.6. The molecule has 0 saturated carbocycles. The lowest BCUT2D eigenvalue weighted by molar-refractivity contribution is -0.0352. The maximum atomic E-state index is 12.6. The number of H-pyrrole nitrogens is 1.